The van der Waals surface area contributed by atoms with Crippen LogP contribution in [0.3, 0.4) is 0 Å². The van der Waals surface area contributed by atoms with Gasteiger partial charge in [-0.05, 0) is 24.6 Å². The Hall–Kier alpha value is -2.55. The van der Waals surface area contributed by atoms with Gasteiger partial charge in [0.05, 0.1) is 5.69 Å². The molecule has 25 heavy (non-hydrogen) atoms. The van der Waals surface area contributed by atoms with Crippen molar-refractivity contribution in [2.45, 2.75) is 13.1 Å². The van der Waals surface area contributed by atoms with Gasteiger partial charge in [0, 0.05) is 37.4 Å². The van der Waals surface area contributed by atoms with E-state index in [-0.39, 0.29) is 11.6 Å². The van der Waals surface area contributed by atoms with E-state index in [9.17, 15) is 13.2 Å². The zero-order valence-corrected chi connectivity index (χ0v) is 13.7. The van der Waals surface area contributed by atoms with Crippen LogP contribution in [0.4, 0.5) is 30.6 Å². The van der Waals surface area contributed by atoms with Crippen LogP contribution in [0.5, 0.6) is 0 Å². The summed E-state index contributed by atoms with van der Waals surface area (Å²) in [5, 5.41) is 3.27. The van der Waals surface area contributed by atoms with Crippen molar-refractivity contribution in [1.29, 1.82) is 0 Å². The number of aromatic nitrogens is 2. The molecule has 0 bridgehead atoms. The molecular formula is C16H19F3N6. The van der Waals surface area contributed by atoms with Gasteiger partial charge >= 0.3 is 6.18 Å². The first-order valence-electron chi connectivity index (χ1n) is 7.84. The van der Waals surface area contributed by atoms with Gasteiger partial charge in [0.15, 0.2) is 0 Å². The van der Waals surface area contributed by atoms with Gasteiger partial charge < -0.3 is 21.7 Å². The normalized spacial score (nSPS) is 15.4. The largest absolute Gasteiger partial charge is 0.422 e. The summed E-state index contributed by atoms with van der Waals surface area (Å²) in [5.41, 5.74) is 11.8. The quantitative estimate of drug-likeness (QED) is 0.766. The molecule has 134 valence electrons. The van der Waals surface area contributed by atoms with E-state index in [0.29, 0.717) is 5.56 Å². The fourth-order valence-electron chi connectivity index (χ4n) is 3.05. The number of rotatable bonds is 2. The molecule has 0 aliphatic carbocycles. The zero-order chi connectivity index (χ0) is 18.2. The van der Waals surface area contributed by atoms with E-state index in [4.69, 9.17) is 11.5 Å². The van der Waals surface area contributed by atoms with Crippen molar-refractivity contribution in [2.24, 2.45) is 0 Å². The maximum Gasteiger partial charge on any atom is 0.422 e. The highest BCUT2D eigenvalue weighted by Crippen LogP contribution is 2.40. The highest BCUT2D eigenvalue weighted by Gasteiger charge is 2.38. The molecule has 1 aromatic carbocycles. The molecule has 6 nitrogen and oxygen atoms in total. The Morgan fingerprint density at radius 2 is 1.80 bits per heavy atom. The van der Waals surface area contributed by atoms with Crippen molar-refractivity contribution < 1.29 is 13.2 Å². The number of nitrogens with two attached hydrogens (primary N) is 2. The monoisotopic (exact) mass is 352 g/mol. The van der Waals surface area contributed by atoms with Crippen molar-refractivity contribution in [2.75, 3.05) is 42.5 Å². The minimum absolute atomic E-state index is 0.288. The van der Waals surface area contributed by atoms with E-state index >= 15 is 0 Å². The van der Waals surface area contributed by atoms with Gasteiger partial charge in [-0.3, -0.25) is 0 Å². The van der Waals surface area contributed by atoms with Crippen LogP contribution in [0, 0.1) is 6.92 Å². The third-order valence-electron chi connectivity index (χ3n) is 4.17. The highest BCUT2D eigenvalue weighted by molar-refractivity contribution is 5.73. The Morgan fingerprint density at radius 3 is 2.40 bits per heavy atom. The number of nitrogens with one attached hydrogen (secondary N) is 1. The number of anilines is 3. The molecule has 0 spiro atoms. The predicted octanol–water partition coefficient (Wildman–Crippen LogP) is 2.04. The van der Waals surface area contributed by atoms with Gasteiger partial charge in [-0.15, -0.1) is 0 Å². The lowest BCUT2D eigenvalue weighted by molar-refractivity contribution is -0.136. The zero-order valence-electron chi connectivity index (χ0n) is 13.7. The lowest BCUT2D eigenvalue weighted by Gasteiger charge is -2.31. The molecule has 0 radical (unpaired) electrons. The number of halogens is 3. The third kappa shape index (κ3) is 3.46. The van der Waals surface area contributed by atoms with Gasteiger partial charge in [0.1, 0.15) is 11.4 Å². The molecule has 3 rings (SSSR count). The van der Waals surface area contributed by atoms with E-state index in [1.807, 2.05) is 13.0 Å². The van der Waals surface area contributed by atoms with E-state index in [1.165, 1.54) is 0 Å². The Labute approximate surface area is 143 Å². The maximum absolute atomic E-state index is 13.4. The van der Waals surface area contributed by atoms with Crippen molar-refractivity contribution >= 4 is 17.5 Å². The summed E-state index contributed by atoms with van der Waals surface area (Å²) < 4.78 is 40.1. The molecule has 0 amide bonds. The molecule has 2 aromatic rings. The summed E-state index contributed by atoms with van der Waals surface area (Å²) in [5.74, 6) is -0.955. The predicted molar refractivity (Wildman–Crippen MR) is 91.1 cm³/mol. The lowest BCUT2D eigenvalue weighted by atomic mass is 10.0. The average molecular weight is 352 g/mol. The summed E-state index contributed by atoms with van der Waals surface area (Å²) in [4.78, 5) is 9.44. The van der Waals surface area contributed by atoms with Crippen LogP contribution < -0.4 is 21.7 Å². The standard InChI is InChI=1S/C16H19F3N6/c1-9-8-10(2-3-11(9)25-6-4-22-5-7-25)13-12(16(17,18)19)14(20)24-15(21)23-13/h2-3,8,22H,4-7H2,1H3,(H4,20,21,23,24). The van der Waals surface area contributed by atoms with Crippen LogP contribution >= 0.6 is 0 Å². The van der Waals surface area contributed by atoms with Crippen LogP contribution in [-0.2, 0) is 6.18 Å². The van der Waals surface area contributed by atoms with Crippen LogP contribution in [0.15, 0.2) is 18.2 Å². The SMILES string of the molecule is Cc1cc(-c2nc(N)nc(N)c2C(F)(F)F)ccc1N1CCNCC1. The molecule has 0 saturated carbocycles. The Balaban J connectivity index is 2.07. The number of piperazine rings is 1. The summed E-state index contributed by atoms with van der Waals surface area (Å²) in [7, 11) is 0. The fourth-order valence-corrected chi connectivity index (χ4v) is 3.05. The highest BCUT2D eigenvalue weighted by atomic mass is 19.4. The van der Waals surface area contributed by atoms with E-state index in [1.54, 1.807) is 12.1 Å². The molecule has 1 fully saturated rings. The molecule has 0 unspecified atom stereocenters. The molecule has 9 heteroatoms. The molecule has 0 atom stereocenters. The number of hydrogen-bond donors (Lipinski definition) is 3. The molecule has 1 aliphatic heterocycles. The van der Waals surface area contributed by atoms with Crippen LogP contribution in [0.25, 0.3) is 11.3 Å². The Morgan fingerprint density at radius 1 is 1.12 bits per heavy atom. The smallest absolute Gasteiger partial charge is 0.383 e. The molecular weight excluding hydrogens is 333 g/mol. The van der Waals surface area contributed by atoms with Crippen LogP contribution in [0.1, 0.15) is 11.1 Å². The van der Waals surface area contributed by atoms with Crippen molar-refractivity contribution in [3.05, 3.63) is 29.3 Å². The number of nitrogen functional groups attached to an aromatic ring is 2. The summed E-state index contributed by atoms with van der Waals surface area (Å²) >= 11 is 0. The van der Waals surface area contributed by atoms with Gasteiger partial charge in [-0.1, -0.05) is 6.07 Å². The number of benzene rings is 1. The second kappa shape index (κ2) is 6.40. The maximum atomic E-state index is 13.4. The minimum atomic E-state index is -4.67. The number of aryl methyl sites for hydroxylation is 1. The lowest BCUT2D eigenvalue weighted by Crippen LogP contribution is -2.43. The average Bonchev–Trinajstić information content (AvgIpc) is 2.53. The molecule has 2 heterocycles. The molecule has 5 N–H and O–H groups in total. The topological polar surface area (TPSA) is 93.1 Å². The second-order valence-electron chi connectivity index (χ2n) is 5.93. The molecule has 1 aliphatic rings. The van der Waals surface area contributed by atoms with Gasteiger partial charge in [0.25, 0.3) is 0 Å². The third-order valence-corrected chi connectivity index (χ3v) is 4.17. The van der Waals surface area contributed by atoms with Gasteiger partial charge in [-0.2, -0.15) is 18.2 Å². The van der Waals surface area contributed by atoms with Crippen LogP contribution in [-0.4, -0.2) is 36.1 Å². The van der Waals surface area contributed by atoms with E-state index in [0.717, 1.165) is 37.4 Å². The summed E-state index contributed by atoms with van der Waals surface area (Å²) in [6.45, 7) is 5.31. The van der Waals surface area contributed by atoms with E-state index < -0.39 is 17.6 Å². The number of hydrogen-bond acceptors (Lipinski definition) is 6. The summed E-state index contributed by atoms with van der Waals surface area (Å²) in [6, 6.07) is 5.10. The first-order chi connectivity index (χ1) is 11.8. The van der Waals surface area contributed by atoms with Crippen LogP contribution in [0.2, 0.25) is 0 Å². The molecule has 1 saturated heterocycles. The van der Waals surface area contributed by atoms with Crippen molar-refractivity contribution in [1.82, 2.24) is 15.3 Å². The second-order valence-corrected chi connectivity index (χ2v) is 5.93. The number of nitrogens with zero attached hydrogens (tertiary/aromatic N) is 3. The first-order valence-corrected chi connectivity index (χ1v) is 7.84. The van der Waals surface area contributed by atoms with Gasteiger partial charge in [0.2, 0.25) is 5.95 Å². The Kier molecular flexibility index (Phi) is 4.42. The fraction of sp³-hybridized carbons (Fsp3) is 0.375. The number of alkyl halides is 3. The Bertz CT molecular complexity index is 784. The van der Waals surface area contributed by atoms with Gasteiger partial charge in [-0.25, -0.2) is 4.98 Å². The summed E-state index contributed by atoms with van der Waals surface area (Å²) in [6.07, 6.45) is -4.67. The van der Waals surface area contributed by atoms with E-state index in [2.05, 4.69) is 20.2 Å². The first kappa shape index (κ1) is 17.3. The van der Waals surface area contributed by atoms with Crippen molar-refractivity contribution in [3.63, 3.8) is 0 Å². The minimum Gasteiger partial charge on any atom is -0.383 e. The molecule has 1 aromatic heterocycles. The van der Waals surface area contributed by atoms with Crippen molar-refractivity contribution in [3.8, 4) is 11.3 Å².